The molecule has 0 atom stereocenters. The third-order valence-corrected chi connectivity index (χ3v) is 5.41. The van der Waals surface area contributed by atoms with E-state index in [-0.39, 0.29) is 5.91 Å². The molecule has 6 heteroatoms. The summed E-state index contributed by atoms with van der Waals surface area (Å²) < 4.78 is 2.03. The van der Waals surface area contributed by atoms with Crippen molar-refractivity contribution in [3.05, 3.63) is 76.6 Å². The number of thioether (sulfide) groups is 1. The number of halogens is 1. The molecule has 0 saturated carbocycles. The van der Waals surface area contributed by atoms with Gasteiger partial charge in [-0.2, -0.15) is 0 Å². The zero-order valence-corrected chi connectivity index (χ0v) is 16.3. The number of hydrogen-bond donors (Lipinski definition) is 1. The zero-order chi connectivity index (χ0) is 18.5. The molecule has 0 unspecified atom stereocenters. The predicted molar refractivity (Wildman–Crippen MR) is 108 cm³/mol. The van der Waals surface area contributed by atoms with Crippen LogP contribution in [0.25, 0.3) is 0 Å². The molecule has 0 bridgehead atoms. The summed E-state index contributed by atoms with van der Waals surface area (Å²) >= 11 is 7.36. The molecule has 0 fully saturated rings. The van der Waals surface area contributed by atoms with Crippen LogP contribution in [0, 0.1) is 13.8 Å². The summed E-state index contributed by atoms with van der Waals surface area (Å²) in [7, 11) is 0. The minimum absolute atomic E-state index is 0.0373. The Morgan fingerprint density at radius 3 is 2.73 bits per heavy atom. The monoisotopic (exact) mass is 385 g/mol. The standard InChI is InChI=1S/C20H20ClN3OS/c1-14-4-3-5-18(15(14)2)23-19(25)13-26-20-22-10-11-24(20)12-16-6-8-17(21)9-7-16/h3-11H,12-13H2,1-2H3,(H,23,25). The highest BCUT2D eigenvalue weighted by Gasteiger charge is 2.10. The van der Waals surface area contributed by atoms with Crippen molar-refractivity contribution in [3.8, 4) is 0 Å². The summed E-state index contributed by atoms with van der Waals surface area (Å²) in [6.07, 6.45) is 3.67. The van der Waals surface area contributed by atoms with Crippen molar-refractivity contribution in [1.82, 2.24) is 9.55 Å². The van der Waals surface area contributed by atoms with Crippen molar-refractivity contribution in [3.63, 3.8) is 0 Å². The molecule has 0 aliphatic heterocycles. The number of imidazole rings is 1. The fourth-order valence-corrected chi connectivity index (χ4v) is 3.43. The number of carbonyl (C=O) groups is 1. The van der Waals surface area contributed by atoms with Gasteiger partial charge in [0.2, 0.25) is 5.91 Å². The normalized spacial score (nSPS) is 10.7. The van der Waals surface area contributed by atoms with Gasteiger partial charge < -0.3 is 9.88 Å². The Hall–Kier alpha value is -2.24. The van der Waals surface area contributed by atoms with Crippen molar-refractivity contribution >= 4 is 35.0 Å². The Morgan fingerprint density at radius 1 is 1.19 bits per heavy atom. The van der Waals surface area contributed by atoms with Crippen LogP contribution >= 0.6 is 23.4 Å². The molecule has 3 aromatic rings. The van der Waals surface area contributed by atoms with Gasteiger partial charge in [0.05, 0.1) is 5.75 Å². The van der Waals surface area contributed by atoms with Crippen LogP contribution in [0.15, 0.2) is 60.0 Å². The first-order valence-electron chi connectivity index (χ1n) is 8.27. The number of benzene rings is 2. The first-order valence-corrected chi connectivity index (χ1v) is 9.64. The van der Waals surface area contributed by atoms with E-state index in [9.17, 15) is 4.79 Å². The van der Waals surface area contributed by atoms with Crippen LogP contribution in [0.4, 0.5) is 5.69 Å². The Bertz CT molecular complexity index is 906. The fourth-order valence-electron chi connectivity index (χ4n) is 2.55. The van der Waals surface area contributed by atoms with Gasteiger partial charge in [-0.15, -0.1) is 0 Å². The second-order valence-electron chi connectivity index (χ2n) is 6.05. The Balaban J connectivity index is 1.60. The predicted octanol–water partition coefficient (Wildman–Crippen LogP) is 4.93. The lowest BCUT2D eigenvalue weighted by Crippen LogP contribution is -2.15. The van der Waals surface area contributed by atoms with Gasteiger partial charge >= 0.3 is 0 Å². The molecule has 134 valence electrons. The van der Waals surface area contributed by atoms with Gasteiger partial charge in [0, 0.05) is 29.6 Å². The molecule has 2 aromatic carbocycles. The number of hydrogen-bond acceptors (Lipinski definition) is 3. The molecule has 0 radical (unpaired) electrons. The highest BCUT2D eigenvalue weighted by Crippen LogP contribution is 2.21. The number of nitrogens with one attached hydrogen (secondary N) is 1. The highest BCUT2D eigenvalue weighted by molar-refractivity contribution is 7.99. The third-order valence-electron chi connectivity index (χ3n) is 4.15. The number of aromatic nitrogens is 2. The quantitative estimate of drug-likeness (QED) is 0.612. The number of carbonyl (C=O) groups excluding carboxylic acids is 1. The number of aryl methyl sites for hydroxylation is 1. The highest BCUT2D eigenvalue weighted by atomic mass is 35.5. The Labute approximate surface area is 162 Å². The maximum Gasteiger partial charge on any atom is 0.234 e. The van der Waals surface area contributed by atoms with E-state index in [1.54, 1.807) is 6.20 Å². The summed E-state index contributed by atoms with van der Waals surface area (Å²) in [5.41, 5.74) is 4.25. The third kappa shape index (κ3) is 4.68. The van der Waals surface area contributed by atoms with Crippen molar-refractivity contribution in [1.29, 1.82) is 0 Å². The molecular formula is C20H20ClN3OS. The molecule has 1 amide bonds. The molecule has 26 heavy (non-hydrogen) atoms. The topological polar surface area (TPSA) is 46.9 Å². The number of amides is 1. The van der Waals surface area contributed by atoms with Crippen molar-refractivity contribution in [2.45, 2.75) is 25.5 Å². The molecule has 0 aliphatic carbocycles. The zero-order valence-electron chi connectivity index (χ0n) is 14.7. The average Bonchev–Trinajstić information content (AvgIpc) is 3.06. The maximum atomic E-state index is 12.3. The summed E-state index contributed by atoms with van der Waals surface area (Å²) in [6, 6.07) is 13.6. The molecule has 3 rings (SSSR count). The molecule has 1 heterocycles. The molecule has 4 nitrogen and oxygen atoms in total. The van der Waals surface area contributed by atoms with E-state index in [2.05, 4.69) is 10.3 Å². The molecule has 0 spiro atoms. The molecule has 0 saturated heterocycles. The lowest BCUT2D eigenvalue weighted by molar-refractivity contribution is -0.113. The second kappa shape index (κ2) is 8.43. The second-order valence-corrected chi connectivity index (χ2v) is 7.43. The van der Waals surface area contributed by atoms with Crippen LogP contribution in [0.5, 0.6) is 0 Å². The van der Waals surface area contributed by atoms with Crippen LogP contribution in [-0.2, 0) is 11.3 Å². The summed E-state index contributed by atoms with van der Waals surface area (Å²) in [6.45, 7) is 4.74. The largest absolute Gasteiger partial charge is 0.325 e. The van der Waals surface area contributed by atoms with E-state index in [0.29, 0.717) is 12.3 Å². The van der Waals surface area contributed by atoms with E-state index >= 15 is 0 Å². The van der Waals surface area contributed by atoms with Crippen molar-refractivity contribution in [2.24, 2.45) is 0 Å². The van der Waals surface area contributed by atoms with Gasteiger partial charge in [0.25, 0.3) is 0 Å². The summed E-state index contributed by atoms with van der Waals surface area (Å²) in [5, 5.41) is 4.51. The summed E-state index contributed by atoms with van der Waals surface area (Å²) in [4.78, 5) is 16.7. The minimum Gasteiger partial charge on any atom is -0.325 e. The fraction of sp³-hybridized carbons (Fsp3) is 0.200. The van der Waals surface area contributed by atoms with Gasteiger partial charge in [-0.05, 0) is 48.7 Å². The van der Waals surface area contributed by atoms with Crippen molar-refractivity contribution < 1.29 is 4.79 Å². The van der Waals surface area contributed by atoms with Gasteiger partial charge in [0.15, 0.2) is 5.16 Å². The lowest BCUT2D eigenvalue weighted by Gasteiger charge is -2.11. The Kier molecular flexibility index (Phi) is 6.01. The van der Waals surface area contributed by atoms with E-state index in [0.717, 1.165) is 32.6 Å². The van der Waals surface area contributed by atoms with Crippen LogP contribution in [0.1, 0.15) is 16.7 Å². The number of nitrogens with zero attached hydrogens (tertiary/aromatic N) is 2. The smallest absolute Gasteiger partial charge is 0.234 e. The number of anilines is 1. The summed E-state index contributed by atoms with van der Waals surface area (Å²) in [5.74, 6) is 0.273. The van der Waals surface area contributed by atoms with E-state index < -0.39 is 0 Å². The number of rotatable bonds is 6. The molecule has 1 N–H and O–H groups in total. The van der Waals surface area contributed by atoms with Gasteiger partial charge in [-0.1, -0.05) is 47.6 Å². The average molecular weight is 386 g/mol. The van der Waals surface area contributed by atoms with Crippen LogP contribution in [0.3, 0.4) is 0 Å². The van der Waals surface area contributed by atoms with Gasteiger partial charge in [-0.25, -0.2) is 4.98 Å². The molecule has 1 aromatic heterocycles. The molecular weight excluding hydrogens is 366 g/mol. The van der Waals surface area contributed by atoms with E-state index in [1.807, 2.05) is 67.1 Å². The Morgan fingerprint density at radius 2 is 1.96 bits per heavy atom. The van der Waals surface area contributed by atoms with Gasteiger partial charge in [-0.3, -0.25) is 4.79 Å². The van der Waals surface area contributed by atoms with Crippen LogP contribution in [0.2, 0.25) is 5.02 Å². The van der Waals surface area contributed by atoms with E-state index in [4.69, 9.17) is 11.6 Å². The van der Waals surface area contributed by atoms with Crippen LogP contribution < -0.4 is 5.32 Å². The first-order chi connectivity index (χ1) is 12.5. The van der Waals surface area contributed by atoms with Crippen molar-refractivity contribution in [2.75, 3.05) is 11.1 Å². The minimum atomic E-state index is -0.0373. The lowest BCUT2D eigenvalue weighted by atomic mass is 10.1. The van der Waals surface area contributed by atoms with E-state index in [1.165, 1.54) is 11.8 Å². The van der Waals surface area contributed by atoms with Crippen LogP contribution in [-0.4, -0.2) is 21.2 Å². The molecule has 0 aliphatic rings. The SMILES string of the molecule is Cc1cccc(NC(=O)CSc2nccn2Cc2ccc(Cl)cc2)c1C. The first kappa shape index (κ1) is 18.5. The maximum absolute atomic E-state index is 12.3. The van der Waals surface area contributed by atoms with Gasteiger partial charge in [0.1, 0.15) is 0 Å².